The van der Waals surface area contributed by atoms with E-state index in [1.54, 1.807) is 6.20 Å². The highest BCUT2D eigenvalue weighted by Gasteiger charge is 2.11. The molecule has 0 amide bonds. The Morgan fingerprint density at radius 2 is 2.23 bits per heavy atom. The lowest BCUT2D eigenvalue weighted by Gasteiger charge is -2.07. The summed E-state index contributed by atoms with van der Waals surface area (Å²) in [5.74, 6) is 1.89. The fraction of sp³-hybridized carbons (Fsp3) is 0.412. The van der Waals surface area contributed by atoms with E-state index < -0.39 is 0 Å². The van der Waals surface area contributed by atoms with Gasteiger partial charge in [-0.25, -0.2) is 9.98 Å². The van der Waals surface area contributed by atoms with Crippen LogP contribution in [0, 0.1) is 0 Å². The maximum atomic E-state index is 5.94. The first-order valence-corrected chi connectivity index (χ1v) is 7.87. The average molecular weight is 298 g/mol. The summed E-state index contributed by atoms with van der Waals surface area (Å²) < 4.78 is 5.58. The van der Waals surface area contributed by atoms with Crippen molar-refractivity contribution in [2.75, 3.05) is 5.32 Å². The van der Waals surface area contributed by atoms with E-state index >= 15 is 0 Å². The summed E-state index contributed by atoms with van der Waals surface area (Å²) in [6.07, 6.45) is 7.17. The number of benzene rings is 1. The highest BCUT2D eigenvalue weighted by atomic mass is 16.4. The van der Waals surface area contributed by atoms with Gasteiger partial charge in [0.2, 0.25) is 0 Å². The Bertz CT molecular complexity index is 675. The Balaban J connectivity index is 1.59. The average Bonchev–Trinajstić information content (AvgIpc) is 3.14. The van der Waals surface area contributed by atoms with Crippen LogP contribution in [-0.2, 0) is 25.8 Å². The minimum absolute atomic E-state index is 0.395. The Kier molecular flexibility index (Phi) is 4.42. The molecule has 0 spiro atoms. The second-order valence-electron chi connectivity index (χ2n) is 5.63. The molecule has 0 aliphatic heterocycles. The quantitative estimate of drug-likeness (QED) is 0.657. The standard InChI is InChI=1S/C17H22N4O/c1-2-4-16-19-10-15(22-16)11-20-17(18)21-14-8-7-12-5-3-6-13(12)9-14/h7-10H,2-6,11H2,1H3,(H3,18,20,21). The lowest BCUT2D eigenvalue weighted by Crippen LogP contribution is -2.22. The predicted molar refractivity (Wildman–Crippen MR) is 87.9 cm³/mol. The second-order valence-corrected chi connectivity index (χ2v) is 5.63. The van der Waals surface area contributed by atoms with Gasteiger partial charge in [-0.1, -0.05) is 13.0 Å². The van der Waals surface area contributed by atoms with Crippen molar-refractivity contribution < 1.29 is 4.42 Å². The summed E-state index contributed by atoms with van der Waals surface area (Å²) in [6, 6.07) is 6.39. The van der Waals surface area contributed by atoms with E-state index in [1.807, 2.05) is 0 Å². The first-order chi connectivity index (χ1) is 10.7. The van der Waals surface area contributed by atoms with Gasteiger partial charge in [-0.3, -0.25) is 0 Å². The molecule has 5 heteroatoms. The fourth-order valence-electron chi connectivity index (χ4n) is 2.75. The van der Waals surface area contributed by atoms with Crippen LogP contribution in [0.4, 0.5) is 5.69 Å². The van der Waals surface area contributed by atoms with E-state index in [2.05, 4.69) is 40.4 Å². The molecular formula is C17H22N4O. The fourth-order valence-corrected chi connectivity index (χ4v) is 2.75. The van der Waals surface area contributed by atoms with Crippen molar-refractivity contribution in [3.05, 3.63) is 47.2 Å². The van der Waals surface area contributed by atoms with Crippen LogP contribution in [-0.4, -0.2) is 10.9 Å². The molecular weight excluding hydrogens is 276 g/mol. The van der Waals surface area contributed by atoms with E-state index in [4.69, 9.17) is 10.2 Å². The summed E-state index contributed by atoms with van der Waals surface area (Å²) >= 11 is 0. The molecule has 22 heavy (non-hydrogen) atoms. The number of aliphatic imine (C=N–C) groups is 1. The number of hydrogen-bond donors (Lipinski definition) is 2. The first kappa shape index (κ1) is 14.6. The van der Waals surface area contributed by atoms with Gasteiger partial charge in [-0.05, 0) is 48.9 Å². The zero-order valence-corrected chi connectivity index (χ0v) is 12.9. The van der Waals surface area contributed by atoms with E-state index in [-0.39, 0.29) is 0 Å². The van der Waals surface area contributed by atoms with Gasteiger partial charge in [0.1, 0.15) is 12.3 Å². The molecule has 0 radical (unpaired) electrons. The van der Waals surface area contributed by atoms with Gasteiger partial charge in [-0.15, -0.1) is 0 Å². The topological polar surface area (TPSA) is 76.4 Å². The maximum absolute atomic E-state index is 5.94. The minimum Gasteiger partial charge on any atom is -0.444 e. The molecule has 5 nitrogen and oxygen atoms in total. The number of rotatable bonds is 5. The van der Waals surface area contributed by atoms with Crippen molar-refractivity contribution in [2.24, 2.45) is 10.7 Å². The molecule has 0 saturated carbocycles. The van der Waals surface area contributed by atoms with Crippen LogP contribution in [0.2, 0.25) is 0 Å². The third kappa shape index (κ3) is 3.47. The van der Waals surface area contributed by atoms with Gasteiger partial charge in [-0.2, -0.15) is 0 Å². The summed E-state index contributed by atoms with van der Waals surface area (Å²) in [7, 11) is 0. The Morgan fingerprint density at radius 1 is 1.36 bits per heavy atom. The third-order valence-corrected chi connectivity index (χ3v) is 3.84. The van der Waals surface area contributed by atoms with Crippen LogP contribution in [0.1, 0.15) is 42.5 Å². The molecule has 0 unspecified atom stereocenters. The molecule has 1 aromatic carbocycles. The Hall–Kier alpha value is -2.30. The predicted octanol–water partition coefficient (Wildman–Crippen LogP) is 3.04. The molecule has 2 aromatic rings. The van der Waals surface area contributed by atoms with Crippen LogP contribution in [0.25, 0.3) is 0 Å². The smallest absolute Gasteiger partial charge is 0.194 e. The lowest BCUT2D eigenvalue weighted by molar-refractivity contribution is 0.454. The number of nitrogens with zero attached hydrogens (tertiary/aromatic N) is 2. The molecule has 116 valence electrons. The van der Waals surface area contributed by atoms with Gasteiger partial charge in [0, 0.05) is 12.1 Å². The van der Waals surface area contributed by atoms with E-state index in [1.165, 1.54) is 24.0 Å². The van der Waals surface area contributed by atoms with Gasteiger partial charge in [0.25, 0.3) is 0 Å². The normalized spacial score (nSPS) is 14.1. The number of hydrogen-bond acceptors (Lipinski definition) is 3. The summed E-state index contributed by atoms with van der Waals surface area (Å²) in [5, 5.41) is 3.14. The second kappa shape index (κ2) is 6.64. The largest absolute Gasteiger partial charge is 0.444 e. The van der Waals surface area contributed by atoms with Crippen molar-refractivity contribution in [1.82, 2.24) is 4.98 Å². The zero-order valence-electron chi connectivity index (χ0n) is 12.9. The number of oxazole rings is 1. The molecule has 0 fully saturated rings. The van der Waals surface area contributed by atoms with Crippen LogP contribution >= 0.6 is 0 Å². The molecule has 0 atom stereocenters. The third-order valence-electron chi connectivity index (χ3n) is 3.84. The van der Waals surface area contributed by atoms with Gasteiger partial charge in [0.05, 0.1) is 6.20 Å². The van der Waals surface area contributed by atoms with Crippen molar-refractivity contribution in [1.29, 1.82) is 0 Å². The van der Waals surface area contributed by atoms with E-state index in [0.29, 0.717) is 12.5 Å². The monoisotopic (exact) mass is 298 g/mol. The summed E-state index contributed by atoms with van der Waals surface area (Å²) in [6.45, 7) is 2.50. The highest BCUT2D eigenvalue weighted by molar-refractivity contribution is 5.92. The van der Waals surface area contributed by atoms with E-state index in [9.17, 15) is 0 Å². The van der Waals surface area contributed by atoms with Crippen molar-refractivity contribution in [3.63, 3.8) is 0 Å². The number of anilines is 1. The lowest BCUT2D eigenvalue weighted by atomic mass is 10.1. The van der Waals surface area contributed by atoms with Crippen molar-refractivity contribution >= 4 is 11.6 Å². The van der Waals surface area contributed by atoms with Crippen LogP contribution in [0.3, 0.4) is 0 Å². The number of nitrogens with two attached hydrogens (primary N) is 1. The minimum atomic E-state index is 0.395. The molecule has 0 saturated heterocycles. The highest BCUT2D eigenvalue weighted by Crippen LogP contribution is 2.24. The van der Waals surface area contributed by atoms with Crippen LogP contribution < -0.4 is 11.1 Å². The van der Waals surface area contributed by atoms with Crippen molar-refractivity contribution in [3.8, 4) is 0 Å². The van der Waals surface area contributed by atoms with E-state index in [0.717, 1.165) is 36.6 Å². The number of fused-ring (bicyclic) bond motifs is 1. The number of aromatic nitrogens is 1. The molecule has 1 heterocycles. The maximum Gasteiger partial charge on any atom is 0.194 e. The Labute approximate surface area is 130 Å². The van der Waals surface area contributed by atoms with Crippen LogP contribution in [0.5, 0.6) is 0 Å². The zero-order chi connectivity index (χ0) is 15.4. The SMILES string of the molecule is CCCc1ncc(CN=C(N)Nc2ccc3c(c2)CCC3)o1. The van der Waals surface area contributed by atoms with Crippen molar-refractivity contribution in [2.45, 2.75) is 45.6 Å². The molecule has 3 rings (SSSR count). The molecule has 0 bridgehead atoms. The summed E-state index contributed by atoms with van der Waals surface area (Å²) in [4.78, 5) is 8.52. The summed E-state index contributed by atoms with van der Waals surface area (Å²) in [5.41, 5.74) is 9.80. The molecule has 1 aromatic heterocycles. The molecule has 1 aliphatic carbocycles. The molecule has 3 N–H and O–H groups in total. The number of guanidine groups is 1. The molecule has 1 aliphatic rings. The van der Waals surface area contributed by atoms with Gasteiger partial charge in [0.15, 0.2) is 11.9 Å². The van der Waals surface area contributed by atoms with Crippen LogP contribution in [0.15, 0.2) is 33.8 Å². The number of aryl methyl sites for hydroxylation is 3. The van der Waals surface area contributed by atoms with Gasteiger partial charge < -0.3 is 15.5 Å². The van der Waals surface area contributed by atoms with Gasteiger partial charge >= 0.3 is 0 Å². The Morgan fingerprint density at radius 3 is 3.09 bits per heavy atom. The number of nitrogens with one attached hydrogen (secondary N) is 1. The first-order valence-electron chi connectivity index (χ1n) is 7.87.